The number of quaternary nitrogens is 1. The van der Waals surface area contributed by atoms with Crippen LogP contribution in [0.5, 0.6) is 0 Å². The van der Waals surface area contributed by atoms with Crippen molar-refractivity contribution in [3.05, 3.63) is 33.8 Å². The molecule has 0 radical (unpaired) electrons. The molecule has 0 unspecified atom stereocenters. The molecule has 1 heterocycles. The van der Waals surface area contributed by atoms with E-state index < -0.39 is 0 Å². The minimum absolute atomic E-state index is 0.0421. The van der Waals surface area contributed by atoms with E-state index in [1.54, 1.807) is 12.1 Å². The zero-order valence-electron chi connectivity index (χ0n) is 11.4. The van der Waals surface area contributed by atoms with Crippen LogP contribution >= 0.6 is 23.2 Å². The first-order valence-electron chi connectivity index (χ1n) is 6.72. The highest BCUT2D eigenvalue weighted by molar-refractivity contribution is 6.42. The summed E-state index contributed by atoms with van der Waals surface area (Å²) < 4.78 is 5.28. The molecule has 1 amide bonds. The molecule has 0 saturated carbocycles. The first-order valence-corrected chi connectivity index (χ1v) is 7.47. The number of ether oxygens (including phenoxy) is 1. The number of nitrogens with one attached hydrogen (secondary N) is 2. The molecule has 1 fully saturated rings. The van der Waals surface area contributed by atoms with Crippen molar-refractivity contribution < 1.29 is 14.4 Å². The molecular formula is C14H19Cl2N2O2+. The molecular weight excluding hydrogens is 299 g/mol. The van der Waals surface area contributed by atoms with Crippen molar-refractivity contribution in [2.75, 3.05) is 32.8 Å². The minimum Gasteiger partial charge on any atom is -0.370 e. The molecule has 20 heavy (non-hydrogen) atoms. The van der Waals surface area contributed by atoms with E-state index in [0.717, 1.165) is 31.9 Å². The lowest BCUT2D eigenvalue weighted by molar-refractivity contribution is -0.900. The van der Waals surface area contributed by atoms with Crippen molar-refractivity contribution >= 4 is 29.1 Å². The summed E-state index contributed by atoms with van der Waals surface area (Å²) in [6.07, 6.45) is 0. The van der Waals surface area contributed by atoms with E-state index in [2.05, 4.69) is 5.32 Å². The fraction of sp³-hybridized carbons (Fsp3) is 0.500. The first-order chi connectivity index (χ1) is 9.56. The monoisotopic (exact) mass is 317 g/mol. The fourth-order valence-corrected chi connectivity index (χ4v) is 2.53. The molecule has 110 valence electrons. The van der Waals surface area contributed by atoms with E-state index >= 15 is 0 Å². The molecule has 6 heteroatoms. The number of amides is 1. The van der Waals surface area contributed by atoms with Crippen molar-refractivity contribution in [2.24, 2.45) is 0 Å². The number of carbonyl (C=O) groups is 1. The smallest absolute Gasteiger partial charge is 0.275 e. The minimum atomic E-state index is -0.0855. The Bertz CT molecular complexity index is 476. The van der Waals surface area contributed by atoms with Gasteiger partial charge in [0.1, 0.15) is 13.1 Å². The predicted octanol–water partition coefficient (Wildman–Crippen LogP) is 1.09. The summed E-state index contributed by atoms with van der Waals surface area (Å²) in [7, 11) is 0. The van der Waals surface area contributed by atoms with Gasteiger partial charge < -0.3 is 15.0 Å². The SMILES string of the molecule is C[C@H](NC(=O)C[NH+]1CCOCC1)c1ccc(Cl)c(Cl)c1. The van der Waals surface area contributed by atoms with Crippen LogP contribution in [0.4, 0.5) is 0 Å². The molecule has 2 rings (SSSR count). The van der Waals surface area contributed by atoms with E-state index in [9.17, 15) is 4.79 Å². The third-order valence-electron chi connectivity index (χ3n) is 3.43. The van der Waals surface area contributed by atoms with Gasteiger partial charge in [-0.3, -0.25) is 4.79 Å². The third kappa shape index (κ3) is 4.35. The van der Waals surface area contributed by atoms with Gasteiger partial charge in [-0.2, -0.15) is 0 Å². The highest BCUT2D eigenvalue weighted by Crippen LogP contribution is 2.25. The van der Waals surface area contributed by atoms with Crippen LogP contribution in [-0.2, 0) is 9.53 Å². The number of morpholine rings is 1. The summed E-state index contributed by atoms with van der Waals surface area (Å²) in [6.45, 7) is 5.64. The van der Waals surface area contributed by atoms with Crippen LogP contribution in [0.3, 0.4) is 0 Å². The normalized spacial score (nSPS) is 17.8. The highest BCUT2D eigenvalue weighted by atomic mass is 35.5. The Morgan fingerprint density at radius 3 is 2.70 bits per heavy atom. The van der Waals surface area contributed by atoms with Gasteiger partial charge in [-0.15, -0.1) is 0 Å². The predicted molar refractivity (Wildman–Crippen MR) is 79.4 cm³/mol. The second kappa shape index (κ2) is 7.27. The zero-order valence-corrected chi connectivity index (χ0v) is 12.9. The average Bonchev–Trinajstić information content (AvgIpc) is 2.42. The number of benzene rings is 1. The van der Waals surface area contributed by atoms with Gasteiger partial charge in [0.25, 0.3) is 5.91 Å². The van der Waals surface area contributed by atoms with E-state index in [-0.39, 0.29) is 11.9 Å². The Morgan fingerprint density at radius 2 is 2.05 bits per heavy atom. The van der Waals surface area contributed by atoms with Gasteiger partial charge in [0.2, 0.25) is 0 Å². The lowest BCUT2D eigenvalue weighted by atomic mass is 10.1. The number of carbonyl (C=O) groups excluding carboxylic acids is 1. The number of rotatable bonds is 4. The van der Waals surface area contributed by atoms with Crippen LogP contribution in [0.1, 0.15) is 18.5 Å². The highest BCUT2D eigenvalue weighted by Gasteiger charge is 2.19. The molecule has 0 bridgehead atoms. The van der Waals surface area contributed by atoms with Crippen LogP contribution in [0.15, 0.2) is 18.2 Å². The van der Waals surface area contributed by atoms with E-state index in [1.165, 1.54) is 4.90 Å². The summed E-state index contributed by atoms with van der Waals surface area (Å²) in [5, 5.41) is 4.01. The standard InChI is InChI=1S/C14H18Cl2N2O2/c1-10(11-2-3-12(15)13(16)8-11)17-14(19)9-18-4-6-20-7-5-18/h2-3,8,10H,4-7,9H2,1H3,(H,17,19)/p+1/t10-/m0/s1. The molecule has 1 aliphatic rings. The van der Waals surface area contributed by atoms with Gasteiger partial charge in [-0.25, -0.2) is 0 Å². The maximum absolute atomic E-state index is 12.0. The maximum Gasteiger partial charge on any atom is 0.275 e. The van der Waals surface area contributed by atoms with Gasteiger partial charge >= 0.3 is 0 Å². The van der Waals surface area contributed by atoms with Crippen LogP contribution in [0, 0.1) is 0 Å². The van der Waals surface area contributed by atoms with E-state index in [4.69, 9.17) is 27.9 Å². The van der Waals surface area contributed by atoms with Gasteiger partial charge in [0.15, 0.2) is 6.54 Å². The van der Waals surface area contributed by atoms with E-state index in [0.29, 0.717) is 16.6 Å². The summed E-state index contributed by atoms with van der Waals surface area (Å²) in [5.74, 6) is 0.0421. The van der Waals surface area contributed by atoms with Crippen LogP contribution in [-0.4, -0.2) is 38.8 Å². The Hall–Kier alpha value is -0.810. The van der Waals surface area contributed by atoms with Crippen molar-refractivity contribution in [2.45, 2.75) is 13.0 Å². The Kier molecular flexibility index (Phi) is 5.66. The van der Waals surface area contributed by atoms with Gasteiger partial charge in [-0.05, 0) is 24.6 Å². The maximum atomic E-state index is 12.0. The van der Waals surface area contributed by atoms with Crippen molar-refractivity contribution in [3.8, 4) is 0 Å². The molecule has 0 aliphatic carbocycles. The third-order valence-corrected chi connectivity index (χ3v) is 4.17. The van der Waals surface area contributed by atoms with Gasteiger partial charge in [0, 0.05) is 0 Å². The second-order valence-corrected chi connectivity index (χ2v) is 5.82. The summed E-state index contributed by atoms with van der Waals surface area (Å²) in [6, 6.07) is 5.32. The van der Waals surface area contributed by atoms with Gasteiger partial charge in [0.05, 0.1) is 29.3 Å². The molecule has 1 saturated heterocycles. The molecule has 2 N–H and O–H groups in total. The Balaban J connectivity index is 1.87. The number of hydrogen-bond acceptors (Lipinski definition) is 2. The van der Waals surface area contributed by atoms with Crippen molar-refractivity contribution in [1.82, 2.24) is 5.32 Å². The summed E-state index contributed by atoms with van der Waals surface area (Å²) in [5.41, 5.74) is 0.949. The number of hydrogen-bond donors (Lipinski definition) is 2. The van der Waals surface area contributed by atoms with Crippen LogP contribution in [0.25, 0.3) is 0 Å². The van der Waals surface area contributed by atoms with Crippen LogP contribution in [0.2, 0.25) is 10.0 Å². The average molecular weight is 318 g/mol. The Morgan fingerprint density at radius 1 is 1.35 bits per heavy atom. The quantitative estimate of drug-likeness (QED) is 0.873. The molecule has 0 aromatic heterocycles. The second-order valence-electron chi connectivity index (χ2n) is 5.00. The lowest BCUT2D eigenvalue weighted by Gasteiger charge is -2.24. The topological polar surface area (TPSA) is 42.8 Å². The molecule has 4 nitrogen and oxygen atoms in total. The van der Waals surface area contributed by atoms with Crippen molar-refractivity contribution in [3.63, 3.8) is 0 Å². The van der Waals surface area contributed by atoms with E-state index in [1.807, 2.05) is 13.0 Å². The Labute approximate surface area is 129 Å². The molecule has 1 aromatic carbocycles. The van der Waals surface area contributed by atoms with Crippen molar-refractivity contribution in [1.29, 1.82) is 0 Å². The largest absolute Gasteiger partial charge is 0.370 e. The number of halogens is 2. The molecule has 1 atom stereocenters. The first kappa shape index (κ1) is 15.6. The molecule has 1 aliphatic heterocycles. The van der Waals surface area contributed by atoms with Gasteiger partial charge in [-0.1, -0.05) is 29.3 Å². The summed E-state index contributed by atoms with van der Waals surface area (Å²) >= 11 is 11.9. The molecule has 1 aromatic rings. The summed E-state index contributed by atoms with van der Waals surface area (Å²) in [4.78, 5) is 13.3. The lowest BCUT2D eigenvalue weighted by Crippen LogP contribution is -3.15. The fourth-order valence-electron chi connectivity index (χ4n) is 2.22. The van der Waals surface area contributed by atoms with Crippen LogP contribution < -0.4 is 10.2 Å². The molecule has 0 spiro atoms. The zero-order chi connectivity index (χ0) is 14.5.